The molecule has 1 aliphatic heterocycles. The van der Waals surface area contributed by atoms with Gasteiger partial charge in [-0.05, 0) is 42.0 Å². The van der Waals surface area contributed by atoms with Crippen LogP contribution in [-0.2, 0) is 24.1 Å². The van der Waals surface area contributed by atoms with Crippen LogP contribution in [0.4, 0.5) is 5.69 Å². The summed E-state index contributed by atoms with van der Waals surface area (Å²) in [6.45, 7) is 6.36. The highest BCUT2D eigenvalue weighted by atomic mass is 32.2. The van der Waals surface area contributed by atoms with Gasteiger partial charge in [-0.1, -0.05) is 75.0 Å². The fourth-order valence-corrected chi connectivity index (χ4v) is 4.95. The van der Waals surface area contributed by atoms with Gasteiger partial charge in [0.2, 0.25) is 11.1 Å². The lowest BCUT2D eigenvalue weighted by atomic mass is 10.0. The van der Waals surface area contributed by atoms with Crippen molar-refractivity contribution in [3.05, 3.63) is 71.0 Å². The van der Waals surface area contributed by atoms with Crippen molar-refractivity contribution in [1.29, 1.82) is 0 Å². The van der Waals surface area contributed by atoms with Crippen molar-refractivity contribution in [1.82, 2.24) is 14.9 Å². The molecule has 0 saturated heterocycles. The number of hydrogen-bond acceptors (Lipinski definition) is 5. The zero-order valence-electron chi connectivity index (χ0n) is 18.3. The van der Waals surface area contributed by atoms with Gasteiger partial charge in [-0.2, -0.15) is 0 Å². The Morgan fingerprint density at radius 3 is 2.55 bits per heavy atom. The number of carbonyl (C=O) groups is 1. The smallest absolute Gasteiger partial charge is 0.240 e. The molecule has 3 aromatic rings. The minimum atomic E-state index is -0.372. The van der Waals surface area contributed by atoms with Crippen molar-refractivity contribution in [3.63, 3.8) is 0 Å². The highest BCUT2D eigenvalue weighted by Gasteiger charge is 2.37. The van der Waals surface area contributed by atoms with E-state index in [1.807, 2.05) is 22.9 Å². The van der Waals surface area contributed by atoms with Crippen LogP contribution in [0.15, 0.2) is 53.7 Å². The number of carbonyl (C=O) groups excluding carboxylic acids is 1. The van der Waals surface area contributed by atoms with Crippen LogP contribution < -0.4 is 10.7 Å². The number of aromatic nitrogens is 3. The van der Waals surface area contributed by atoms with E-state index in [4.69, 9.17) is 0 Å². The van der Waals surface area contributed by atoms with Crippen LogP contribution in [0.1, 0.15) is 55.7 Å². The van der Waals surface area contributed by atoms with E-state index in [1.165, 1.54) is 17.3 Å². The number of fused-ring (bicyclic) bond motifs is 1. The topological polar surface area (TPSA) is 71.8 Å². The molecule has 0 bridgehead atoms. The average Bonchev–Trinajstić information content (AvgIpc) is 3.20. The molecule has 0 saturated carbocycles. The molecule has 0 aliphatic carbocycles. The Bertz CT molecular complexity index is 1050. The Labute approximate surface area is 187 Å². The molecule has 2 heterocycles. The normalized spacial score (nSPS) is 17.6. The molecule has 0 fully saturated rings. The van der Waals surface area contributed by atoms with Crippen molar-refractivity contribution in [3.8, 4) is 0 Å². The number of aryl methyl sites for hydroxylation is 3. The van der Waals surface area contributed by atoms with Crippen molar-refractivity contribution < 1.29 is 4.79 Å². The third kappa shape index (κ3) is 4.46. The van der Waals surface area contributed by atoms with Crippen LogP contribution in [0, 0.1) is 0 Å². The first-order valence-electron chi connectivity index (χ1n) is 11.0. The van der Waals surface area contributed by atoms with Gasteiger partial charge in [0, 0.05) is 12.1 Å². The number of nitrogens with one attached hydrogen (secondary N) is 2. The van der Waals surface area contributed by atoms with E-state index in [-0.39, 0.29) is 17.2 Å². The third-order valence-electron chi connectivity index (χ3n) is 5.64. The molecule has 1 aliphatic rings. The van der Waals surface area contributed by atoms with E-state index >= 15 is 0 Å². The van der Waals surface area contributed by atoms with Gasteiger partial charge in [0.15, 0.2) is 5.82 Å². The van der Waals surface area contributed by atoms with E-state index in [1.54, 1.807) is 0 Å². The summed E-state index contributed by atoms with van der Waals surface area (Å²) in [6, 6.07) is 16.3. The Balaban J connectivity index is 1.67. The fourth-order valence-electron chi connectivity index (χ4n) is 3.85. The first-order chi connectivity index (χ1) is 15.1. The molecule has 4 rings (SSSR count). The minimum absolute atomic E-state index is 0.0331. The van der Waals surface area contributed by atoms with Crippen LogP contribution in [0.3, 0.4) is 0 Å². The summed E-state index contributed by atoms with van der Waals surface area (Å²) >= 11 is 1.47. The Kier molecular flexibility index (Phi) is 6.61. The number of rotatable bonds is 7. The van der Waals surface area contributed by atoms with Crippen LogP contribution in [0.25, 0.3) is 0 Å². The van der Waals surface area contributed by atoms with E-state index in [0.717, 1.165) is 53.5 Å². The molecular weight excluding hydrogens is 406 g/mol. The second-order valence-electron chi connectivity index (χ2n) is 7.72. The van der Waals surface area contributed by atoms with Crippen molar-refractivity contribution >= 4 is 23.4 Å². The van der Waals surface area contributed by atoms with Gasteiger partial charge in [0.25, 0.3) is 0 Å². The lowest BCUT2D eigenvalue weighted by Crippen LogP contribution is -2.41. The third-order valence-corrected chi connectivity index (χ3v) is 6.85. The zero-order valence-corrected chi connectivity index (χ0v) is 19.1. The first-order valence-corrected chi connectivity index (χ1v) is 11.9. The largest absolute Gasteiger partial charge is 0.325 e. The van der Waals surface area contributed by atoms with Gasteiger partial charge in [-0.3, -0.25) is 4.79 Å². The Morgan fingerprint density at radius 2 is 1.84 bits per heavy atom. The van der Waals surface area contributed by atoms with E-state index in [9.17, 15) is 4.79 Å². The van der Waals surface area contributed by atoms with Crippen molar-refractivity contribution in [2.75, 3.05) is 10.7 Å². The van der Waals surface area contributed by atoms with E-state index in [2.05, 4.69) is 72.0 Å². The summed E-state index contributed by atoms with van der Waals surface area (Å²) in [5.74, 6) is 0.865. The number of para-hydroxylation sites is 1. The summed E-state index contributed by atoms with van der Waals surface area (Å²) in [5, 5.41) is 12.2. The first kappa shape index (κ1) is 21.4. The standard InChI is InChI=1S/C24H29N5OS/c1-4-9-20-26-27-24-29(20)28-21(18-14-12-16(5-2)13-15-18)22(31-24)23(30)25-19-11-8-7-10-17(19)6-3/h7-8,10-15,21-22,28H,4-6,9H2,1-3H3,(H,25,30)/t21-,22+/m0/s1. The number of hydrogen-bond donors (Lipinski definition) is 2. The van der Waals surface area contributed by atoms with Crippen molar-refractivity contribution in [2.24, 2.45) is 0 Å². The summed E-state index contributed by atoms with van der Waals surface area (Å²) in [5.41, 5.74) is 7.89. The predicted octanol–water partition coefficient (Wildman–Crippen LogP) is 4.75. The maximum Gasteiger partial charge on any atom is 0.240 e. The molecule has 7 heteroatoms. The molecule has 1 aromatic heterocycles. The fraction of sp³-hybridized carbons (Fsp3) is 0.375. The molecule has 162 valence electrons. The number of benzene rings is 2. The Morgan fingerprint density at radius 1 is 1.06 bits per heavy atom. The second-order valence-corrected chi connectivity index (χ2v) is 8.83. The molecule has 0 radical (unpaired) electrons. The number of amides is 1. The van der Waals surface area contributed by atoms with Gasteiger partial charge in [0.1, 0.15) is 5.25 Å². The number of nitrogens with zero attached hydrogens (tertiary/aromatic N) is 3. The van der Waals surface area contributed by atoms with Gasteiger partial charge in [-0.15, -0.1) is 10.2 Å². The summed E-state index contributed by atoms with van der Waals surface area (Å²) in [6.07, 6.45) is 3.67. The molecule has 0 unspecified atom stereocenters. The molecular formula is C24H29N5OS. The number of anilines is 1. The lowest BCUT2D eigenvalue weighted by molar-refractivity contribution is -0.116. The lowest BCUT2D eigenvalue weighted by Gasteiger charge is -2.33. The van der Waals surface area contributed by atoms with Gasteiger partial charge in [-0.25, -0.2) is 4.68 Å². The highest BCUT2D eigenvalue weighted by Crippen LogP contribution is 2.38. The predicted molar refractivity (Wildman–Crippen MR) is 126 cm³/mol. The Hall–Kier alpha value is -2.80. The molecule has 6 nitrogen and oxygen atoms in total. The zero-order chi connectivity index (χ0) is 21.8. The summed E-state index contributed by atoms with van der Waals surface area (Å²) < 4.78 is 1.95. The molecule has 2 atom stereocenters. The SMILES string of the molecule is CCCc1nnc2n1N[C@@H](c1ccc(CC)cc1)[C@H](C(=O)Nc1ccccc1CC)S2. The number of thioether (sulfide) groups is 1. The van der Waals surface area contributed by atoms with Gasteiger partial charge in [0.05, 0.1) is 6.04 Å². The monoisotopic (exact) mass is 435 g/mol. The average molecular weight is 436 g/mol. The van der Waals surface area contributed by atoms with Crippen LogP contribution in [-0.4, -0.2) is 26.0 Å². The highest BCUT2D eigenvalue weighted by molar-refractivity contribution is 8.00. The minimum Gasteiger partial charge on any atom is -0.325 e. The van der Waals surface area contributed by atoms with Crippen molar-refractivity contribution in [2.45, 2.75) is 62.9 Å². The molecule has 2 N–H and O–H groups in total. The van der Waals surface area contributed by atoms with E-state index in [0.29, 0.717) is 0 Å². The molecule has 31 heavy (non-hydrogen) atoms. The van der Waals surface area contributed by atoms with Gasteiger partial charge < -0.3 is 10.7 Å². The molecule has 1 amide bonds. The van der Waals surface area contributed by atoms with E-state index < -0.39 is 0 Å². The van der Waals surface area contributed by atoms with Crippen LogP contribution in [0.2, 0.25) is 0 Å². The maximum atomic E-state index is 13.5. The molecule has 0 spiro atoms. The van der Waals surface area contributed by atoms with Gasteiger partial charge >= 0.3 is 0 Å². The summed E-state index contributed by atoms with van der Waals surface area (Å²) in [7, 11) is 0. The summed E-state index contributed by atoms with van der Waals surface area (Å²) in [4.78, 5) is 13.5. The quantitative estimate of drug-likeness (QED) is 0.560. The van der Waals surface area contributed by atoms with Crippen LogP contribution in [0.5, 0.6) is 0 Å². The maximum absolute atomic E-state index is 13.5. The van der Waals surface area contributed by atoms with Crippen LogP contribution >= 0.6 is 11.8 Å². The molecule has 2 aromatic carbocycles. The second kappa shape index (κ2) is 9.56.